The predicted molar refractivity (Wildman–Crippen MR) is 134 cm³/mol. The maximum Gasteiger partial charge on any atom is 0.341 e. The topological polar surface area (TPSA) is 96.0 Å². The highest BCUT2D eigenvalue weighted by Crippen LogP contribution is 2.30. The molecule has 35 heavy (non-hydrogen) atoms. The van der Waals surface area contributed by atoms with E-state index in [4.69, 9.17) is 4.74 Å². The summed E-state index contributed by atoms with van der Waals surface area (Å²) in [4.78, 5) is 27.9. The van der Waals surface area contributed by atoms with Gasteiger partial charge in [0.25, 0.3) is 5.91 Å². The van der Waals surface area contributed by atoms with Gasteiger partial charge in [0.05, 0.1) is 16.1 Å². The molecule has 2 saturated heterocycles. The summed E-state index contributed by atoms with van der Waals surface area (Å²) in [5, 5.41) is 2.77. The van der Waals surface area contributed by atoms with E-state index < -0.39 is 28.0 Å². The van der Waals surface area contributed by atoms with E-state index >= 15 is 0 Å². The number of carbonyl (C=O) groups is 2. The third kappa shape index (κ3) is 6.02. The van der Waals surface area contributed by atoms with E-state index in [0.717, 1.165) is 50.8 Å². The number of hydrogen-bond acceptors (Lipinski definition) is 6. The van der Waals surface area contributed by atoms with Crippen LogP contribution in [0, 0.1) is 0 Å². The molecule has 0 radical (unpaired) electrons. The molecule has 2 aromatic rings. The number of piperidine rings is 1. The Morgan fingerprint density at radius 1 is 0.943 bits per heavy atom. The van der Waals surface area contributed by atoms with Crippen LogP contribution in [0.3, 0.4) is 0 Å². The Labute approximate surface area is 207 Å². The van der Waals surface area contributed by atoms with Crippen LogP contribution in [0.2, 0.25) is 0 Å². The average Bonchev–Trinajstić information content (AvgIpc) is 3.43. The van der Waals surface area contributed by atoms with Gasteiger partial charge in [0.1, 0.15) is 0 Å². The van der Waals surface area contributed by atoms with Gasteiger partial charge in [-0.1, -0.05) is 36.8 Å². The van der Waals surface area contributed by atoms with Crippen molar-refractivity contribution in [3.05, 3.63) is 59.7 Å². The Kier molecular flexibility index (Phi) is 8.07. The van der Waals surface area contributed by atoms with Crippen molar-refractivity contribution >= 4 is 27.6 Å². The maximum absolute atomic E-state index is 13.2. The first-order valence-electron chi connectivity index (χ1n) is 12.3. The molecule has 0 saturated carbocycles. The molecule has 2 heterocycles. The van der Waals surface area contributed by atoms with Gasteiger partial charge in [0, 0.05) is 32.7 Å². The maximum atomic E-state index is 13.2. The Morgan fingerprint density at radius 2 is 1.60 bits per heavy atom. The quantitative estimate of drug-likeness (QED) is 0.560. The zero-order chi connectivity index (χ0) is 24.8. The average molecular weight is 500 g/mol. The lowest BCUT2D eigenvalue weighted by Crippen LogP contribution is -2.36. The number of amides is 1. The van der Waals surface area contributed by atoms with Crippen molar-refractivity contribution in [2.45, 2.75) is 56.6 Å². The third-order valence-electron chi connectivity index (χ3n) is 6.55. The Morgan fingerprint density at radius 3 is 2.29 bits per heavy atom. The number of nitrogens with one attached hydrogen (secondary N) is 1. The molecule has 9 heteroatoms. The van der Waals surface area contributed by atoms with Crippen LogP contribution < -0.4 is 10.2 Å². The van der Waals surface area contributed by atoms with E-state index in [1.54, 1.807) is 12.1 Å². The summed E-state index contributed by atoms with van der Waals surface area (Å²) in [6, 6.07) is 14.1. The zero-order valence-electron chi connectivity index (χ0n) is 20.1. The van der Waals surface area contributed by atoms with Gasteiger partial charge in [0.15, 0.2) is 6.10 Å². The van der Waals surface area contributed by atoms with Crippen LogP contribution >= 0.6 is 0 Å². The number of hydrogen-bond donors (Lipinski definition) is 1. The van der Waals surface area contributed by atoms with Crippen molar-refractivity contribution in [1.29, 1.82) is 0 Å². The second-order valence-corrected chi connectivity index (χ2v) is 11.0. The van der Waals surface area contributed by atoms with Crippen molar-refractivity contribution in [1.82, 2.24) is 9.62 Å². The second-order valence-electron chi connectivity index (χ2n) is 9.09. The fourth-order valence-corrected chi connectivity index (χ4v) is 6.08. The van der Waals surface area contributed by atoms with Gasteiger partial charge in [-0.25, -0.2) is 13.2 Å². The molecular weight excluding hydrogens is 466 g/mol. The van der Waals surface area contributed by atoms with Crippen molar-refractivity contribution in [3.8, 4) is 0 Å². The molecule has 2 aliphatic heterocycles. The van der Waals surface area contributed by atoms with E-state index in [2.05, 4.69) is 10.2 Å². The minimum Gasteiger partial charge on any atom is -0.449 e. The Hall–Kier alpha value is -2.91. The number of nitrogens with zero attached hydrogens (tertiary/aromatic N) is 2. The highest BCUT2D eigenvalue weighted by Gasteiger charge is 2.30. The molecule has 0 aliphatic carbocycles. The van der Waals surface area contributed by atoms with Crippen molar-refractivity contribution in [2.75, 3.05) is 31.1 Å². The molecule has 0 aromatic heterocycles. The van der Waals surface area contributed by atoms with E-state index in [9.17, 15) is 18.0 Å². The van der Waals surface area contributed by atoms with Crippen LogP contribution in [0.4, 0.5) is 5.69 Å². The molecule has 4 rings (SSSR count). The minimum atomic E-state index is -3.71. The van der Waals surface area contributed by atoms with E-state index in [1.807, 2.05) is 30.3 Å². The molecule has 8 nitrogen and oxygen atoms in total. The normalized spacial score (nSPS) is 17.7. The number of anilines is 1. The number of carbonyl (C=O) groups excluding carboxylic acids is 2. The van der Waals surface area contributed by atoms with Crippen molar-refractivity contribution in [3.63, 3.8) is 0 Å². The molecule has 0 spiro atoms. The number of rotatable bonds is 8. The Bertz CT molecular complexity index is 1140. The van der Waals surface area contributed by atoms with Gasteiger partial charge < -0.3 is 15.0 Å². The second kappa shape index (κ2) is 11.2. The molecule has 1 unspecified atom stereocenters. The number of benzene rings is 2. The van der Waals surface area contributed by atoms with Crippen LogP contribution in [0.5, 0.6) is 0 Å². The minimum absolute atomic E-state index is 0.0791. The van der Waals surface area contributed by atoms with Crippen LogP contribution in [0.15, 0.2) is 53.4 Å². The lowest BCUT2D eigenvalue weighted by atomic mass is 10.1. The largest absolute Gasteiger partial charge is 0.449 e. The van der Waals surface area contributed by atoms with Gasteiger partial charge in [-0.05, 0) is 56.4 Å². The number of esters is 1. The molecule has 1 atom stereocenters. The van der Waals surface area contributed by atoms with E-state index in [-0.39, 0.29) is 10.5 Å². The van der Waals surface area contributed by atoms with Crippen LogP contribution in [-0.4, -0.2) is 56.9 Å². The summed E-state index contributed by atoms with van der Waals surface area (Å²) in [6.45, 7) is 4.37. The highest BCUT2D eigenvalue weighted by atomic mass is 32.2. The van der Waals surface area contributed by atoms with Gasteiger partial charge >= 0.3 is 5.97 Å². The summed E-state index contributed by atoms with van der Waals surface area (Å²) >= 11 is 0. The SMILES string of the molecule is CC(OC(=O)c1cc(S(=O)(=O)N2CCCCC2)ccc1N1CCCC1)C(=O)NCc1ccccc1. The molecule has 2 aromatic carbocycles. The van der Waals surface area contributed by atoms with Gasteiger partial charge in [-0.3, -0.25) is 4.79 Å². The van der Waals surface area contributed by atoms with E-state index in [0.29, 0.717) is 25.3 Å². The first kappa shape index (κ1) is 25.2. The molecule has 1 N–H and O–H groups in total. The fraction of sp³-hybridized carbons (Fsp3) is 0.462. The lowest BCUT2D eigenvalue weighted by molar-refractivity contribution is -0.129. The highest BCUT2D eigenvalue weighted by molar-refractivity contribution is 7.89. The fourth-order valence-electron chi connectivity index (χ4n) is 4.53. The van der Waals surface area contributed by atoms with Gasteiger partial charge in [0.2, 0.25) is 10.0 Å². The lowest BCUT2D eigenvalue weighted by Gasteiger charge is -2.27. The van der Waals surface area contributed by atoms with Crippen LogP contribution in [-0.2, 0) is 26.1 Å². The standard InChI is InChI=1S/C26H33N3O5S/c1-20(25(30)27-19-21-10-4-2-5-11-21)34-26(31)23-18-22(12-13-24(23)28-14-8-9-15-28)35(32,33)29-16-6-3-7-17-29/h2,4-5,10-13,18,20H,3,6-9,14-17,19H2,1H3,(H,27,30). The predicted octanol–water partition coefficient (Wildman–Crippen LogP) is 3.32. The summed E-state index contributed by atoms with van der Waals surface area (Å²) < 4.78 is 33.5. The zero-order valence-corrected chi connectivity index (χ0v) is 20.9. The first-order chi connectivity index (χ1) is 16.9. The van der Waals surface area contributed by atoms with Crippen molar-refractivity contribution < 1.29 is 22.7 Å². The molecule has 1 amide bonds. The van der Waals surface area contributed by atoms with Crippen LogP contribution in [0.1, 0.15) is 54.9 Å². The summed E-state index contributed by atoms with van der Waals surface area (Å²) in [6.07, 6.45) is 3.65. The third-order valence-corrected chi connectivity index (χ3v) is 8.44. The molecule has 2 aliphatic rings. The first-order valence-corrected chi connectivity index (χ1v) is 13.7. The number of sulfonamides is 1. The summed E-state index contributed by atoms with van der Waals surface area (Å²) in [7, 11) is -3.71. The number of ether oxygens (including phenoxy) is 1. The van der Waals surface area contributed by atoms with Gasteiger partial charge in [-0.2, -0.15) is 4.31 Å². The summed E-state index contributed by atoms with van der Waals surface area (Å²) in [5.74, 6) is -1.12. The molecule has 2 fully saturated rings. The van der Waals surface area contributed by atoms with Crippen LogP contribution in [0.25, 0.3) is 0 Å². The van der Waals surface area contributed by atoms with Gasteiger partial charge in [-0.15, -0.1) is 0 Å². The Balaban J connectivity index is 1.53. The van der Waals surface area contributed by atoms with E-state index in [1.165, 1.54) is 17.3 Å². The molecule has 188 valence electrons. The van der Waals surface area contributed by atoms with Crippen molar-refractivity contribution in [2.24, 2.45) is 0 Å². The smallest absolute Gasteiger partial charge is 0.341 e. The molecule has 0 bridgehead atoms. The molecular formula is C26H33N3O5S. The summed E-state index contributed by atoms with van der Waals surface area (Å²) in [5.41, 5.74) is 1.75. The monoisotopic (exact) mass is 499 g/mol.